The minimum absolute atomic E-state index is 0.221. The molecular formula is C13H15ClN6. The maximum atomic E-state index is 5.97. The maximum Gasteiger partial charge on any atom is 0.231 e. The van der Waals surface area contributed by atoms with Crippen LogP contribution in [0, 0.1) is 0 Å². The molecule has 0 bridgehead atoms. The van der Waals surface area contributed by atoms with Crippen molar-refractivity contribution in [3.8, 4) is 0 Å². The average Bonchev–Trinajstić information content (AvgIpc) is 3.00. The van der Waals surface area contributed by atoms with Crippen LogP contribution in [-0.4, -0.2) is 33.0 Å². The second kappa shape index (κ2) is 6.00. The molecular weight excluding hydrogens is 276 g/mol. The second-order valence-electron chi connectivity index (χ2n) is 4.63. The molecule has 3 rings (SSSR count). The van der Waals surface area contributed by atoms with Gasteiger partial charge < -0.3 is 10.2 Å². The second-order valence-corrected chi connectivity index (χ2v) is 4.97. The third-order valence-electron chi connectivity index (χ3n) is 3.19. The van der Waals surface area contributed by atoms with Crippen LogP contribution in [-0.2, 0) is 6.54 Å². The van der Waals surface area contributed by atoms with Crippen LogP contribution in [0.3, 0.4) is 0 Å². The Hall–Kier alpha value is -1.95. The van der Waals surface area contributed by atoms with Gasteiger partial charge in [-0.2, -0.15) is 15.0 Å². The molecule has 0 amide bonds. The number of nitrogens with zero attached hydrogens (tertiary/aromatic N) is 5. The number of rotatable bonds is 4. The first-order valence-corrected chi connectivity index (χ1v) is 6.98. The average molecular weight is 291 g/mol. The summed E-state index contributed by atoms with van der Waals surface area (Å²) in [4.78, 5) is 18.8. The van der Waals surface area contributed by atoms with Crippen molar-refractivity contribution < 1.29 is 0 Å². The molecule has 0 saturated carbocycles. The molecule has 0 spiro atoms. The Morgan fingerprint density at radius 2 is 1.85 bits per heavy atom. The first kappa shape index (κ1) is 13.1. The van der Waals surface area contributed by atoms with Crippen molar-refractivity contribution in [3.05, 3.63) is 35.4 Å². The van der Waals surface area contributed by atoms with Crippen molar-refractivity contribution in [1.82, 2.24) is 19.9 Å². The van der Waals surface area contributed by atoms with E-state index in [1.165, 1.54) is 12.8 Å². The molecule has 104 valence electrons. The molecule has 1 saturated heterocycles. The molecule has 3 heterocycles. The van der Waals surface area contributed by atoms with Gasteiger partial charge in [-0.1, -0.05) is 0 Å². The van der Waals surface area contributed by atoms with Gasteiger partial charge in [0.15, 0.2) is 0 Å². The zero-order valence-electron chi connectivity index (χ0n) is 11.0. The minimum atomic E-state index is 0.221. The van der Waals surface area contributed by atoms with E-state index < -0.39 is 0 Å². The van der Waals surface area contributed by atoms with E-state index in [1.807, 2.05) is 12.1 Å². The highest BCUT2D eigenvalue weighted by Gasteiger charge is 2.16. The van der Waals surface area contributed by atoms with Crippen LogP contribution < -0.4 is 10.2 Å². The minimum Gasteiger partial charge on any atom is -0.350 e. The number of anilines is 2. The van der Waals surface area contributed by atoms with Crippen LogP contribution in [0.2, 0.25) is 5.28 Å². The van der Waals surface area contributed by atoms with Gasteiger partial charge in [0.1, 0.15) is 0 Å². The van der Waals surface area contributed by atoms with Crippen LogP contribution in [0.5, 0.6) is 0 Å². The van der Waals surface area contributed by atoms with E-state index in [-0.39, 0.29) is 5.28 Å². The molecule has 0 radical (unpaired) electrons. The number of pyridine rings is 1. The van der Waals surface area contributed by atoms with Crippen molar-refractivity contribution in [3.63, 3.8) is 0 Å². The lowest BCUT2D eigenvalue weighted by Crippen LogP contribution is -2.21. The number of hydrogen-bond donors (Lipinski definition) is 1. The van der Waals surface area contributed by atoms with Crippen LogP contribution in [0.15, 0.2) is 24.5 Å². The largest absolute Gasteiger partial charge is 0.350 e. The normalized spacial score (nSPS) is 14.6. The molecule has 7 heteroatoms. The number of halogens is 1. The van der Waals surface area contributed by atoms with Gasteiger partial charge in [-0.05, 0) is 42.1 Å². The zero-order chi connectivity index (χ0) is 13.8. The van der Waals surface area contributed by atoms with Crippen molar-refractivity contribution in [2.45, 2.75) is 19.4 Å². The van der Waals surface area contributed by atoms with Gasteiger partial charge in [0.05, 0.1) is 0 Å². The summed E-state index contributed by atoms with van der Waals surface area (Å²) < 4.78 is 0. The van der Waals surface area contributed by atoms with Crippen molar-refractivity contribution >= 4 is 23.5 Å². The Bertz CT molecular complexity index is 570. The van der Waals surface area contributed by atoms with Crippen LogP contribution in [0.25, 0.3) is 0 Å². The van der Waals surface area contributed by atoms with Crippen molar-refractivity contribution in [1.29, 1.82) is 0 Å². The van der Waals surface area contributed by atoms with Gasteiger partial charge in [0.25, 0.3) is 0 Å². The van der Waals surface area contributed by atoms with E-state index in [0.717, 1.165) is 18.7 Å². The van der Waals surface area contributed by atoms with Gasteiger partial charge in [-0.3, -0.25) is 4.98 Å². The van der Waals surface area contributed by atoms with Gasteiger partial charge in [0.2, 0.25) is 17.2 Å². The van der Waals surface area contributed by atoms with E-state index in [0.29, 0.717) is 18.4 Å². The summed E-state index contributed by atoms with van der Waals surface area (Å²) in [6.45, 7) is 2.58. The Morgan fingerprint density at radius 3 is 2.60 bits per heavy atom. The molecule has 1 N–H and O–H groups in total. The Balaban J connectivity index is 1.72. The van der Waals surface area contributed by atoms with Gasteiger partial charge >= 0.3 is 0 Å². The first-order valence-electron chi connectivity index (χ1n) is 6.60. The van der Waals surface area contributed by atoms with E-state index in [4.69, 9.17) is 11.6 Å². The SMILES string of the molecule is Clc1nc(NCc2ccncc2)nc(N2CCCC2)n1. The topological polar surface area (TPSA) is 66.8 Å². The lowest BCUT2D eigenvalue weighted by atomic mass is 10.3. The van der Waals surface area contributed by atoms with Crippen LogP contribution in [0.1, 0.15) is 18.4 Å². The Morgan fingerprint density at radius 1 is 1.10 bits per heavy atom. The molecule has 6 nitrogen and oxygen atoms in total. The molecule has 2 aromatic rings. The van der Waals surface area contributed by atoms with Crippen LogP contribution in [0.4, 0.5) is 11.9 Å². The van der Waals surface area contributed by atoms with E-state index in [2.05, 4.69) is 30.2 Å². The monoisotopic (exact) mass is 290 g/mol. The van der Waals surface area contributed by atoms with E-state index in [9.17, 15) is 0 Å². The smallest absolute Gasteiger partial charge is 0.231 e. The molecule has 0 aromatic carbocycles. The molecule has 0 aliphatic carbocycles. The molecule has 1 fully saturated rings. The summed E-state index contributed by atoms with van der Waals surface area (Å²) in [6, 6.07) is 3.88. The lowest BCUT2D eigenvalue weighted by molar-refractivity contribution is 0.876. The molecule has 1 aliphatic heterocycles. The fraction of sp³-hybridized carbons (Fsp3) is 0.385. The quantitative estimate of drug-likeness (QED) is 0.930. The predicted octanol–water partition coefficient (Wildman–Crippen LogP) is 2.13. The van der Waals surface area contributed by atoms with Gasteiger partial charge in [-0.25, -0.2) is 0 Å². The van der Waals surface area contributed by atoms with Crippen molar-refractivity contribution in [2.24, 2.45) is 0 Å². The Labute approximate surface area is 122 Å². The van der Waals surface area contributed by atoms with E-state index in [1.54, 1.807) is 12.4 Å². The summed E-state index contributed by atoms with van der Waals surface area (Å²) in [6.07, 6.45) is 5.85. The van der Waals surface area contributed by atoms with Gasteiger partial charge in [0, 0.05) is 32.0 Å². The fourth-order valence-corrected chi connectivity index (χ4v) is 2.31. The highest BCUT2D eigenvalue weighted by molar-refractivity contribution is 6.28. The summed E-state index contributed by atoms with van der Waals surface area (Å²) in [5, 5.41) is 3.39. The Kier molecular flexibility index (Phi) is 3.92. The highest BCUT2D eigenvalue weighted by Crippen LogP contribution is 2.18. The van der Waals surface area contributed by atoms with E-state index >= 15 is 0 Å². The third kappa shape index (κ3) is 3.14. The fourth-order valence-electron chi connectivity index (χ4n) is 2.16. The number of hydrogen-bond acceptors (Lipinski definition) is 6. The van der Waals surface area contributed by atoms with Gasteiger partial charge in [-0.15, -0.1) is 0 Å². The molecule has 0 unspecified atom stereocenters. The molecule has 0 atom stereocenters. The maximum absolute atomic E-state index is 5.97. The number of nitrogens with one attached hydrogen (secondary N) is 1. The van der Waals surface area contributed by atoms with Crippen LogP contribution >= 0.6 is 11.6 Å². The zero-order valence-corrected chi connectivity index (χ0v) is 11.7. The molecule has 1 aliphatic rings. The summed E-state index contributed by atoms with van der Waals surface area (Å²) in [5.41, 5.74) is 1.11. The first-order chi connectivity index (χ1) is 9.81. The number of aromatic nitrogens is 4. The molecule has 2 aromatic heterocycles. The third-order valence-corrected chi connectivity index (χ3v) is 3.35. The predicted molar refractivity (Wildman–Crippen MR) is 77.8 cm³/mol. The summed E-state index contributed by atoms with van der Waals surface area (Å²) >= 11 is 5.97. The summed E-state index contributed by atoms with van der Waals surface area (Å²) in [7, 11) is 0. The highest BCUT2D eigenvalue weighted by atomic mass is 35.5. The summed E-state index contributed by atoms with van der Waals surface area (Å²) in [5.74, 6) is 1.16. The lowest BCUT2D eigenvalue weighted by Gasteiger charge is -2.15. The standard InChI is InChI=1S/C13H15ClN6/c14-11-17-12(16-9-10-3-5-15-6-4-10)19-13(18-11)20-7-1-2-8-20/h3-6H,1-2,7-9H2,(H,16,17,18,19). The van der Waals surface area contributed by atoms with Crippen molar-refractivity contribution in [2.75, 3.05) is 23.3 Å². The molecule has 20 heavy (non-hydrogen) atoms.